The lowest BCUT2D eigenvalue weighted by Crippen LogP contribution is -2.29. The van der Waals surface area contributed by atoms with Crippen LogP contribution in [0, 0.1) is 0 Å². The molecular formula is C12H17N5O2. The summed E-state index contributed by atoms with van der Waals surface area (Å²) in [6, 6.07) is 1.57. The molecule has 102 valence electrons. The van der Waals surface area contributed by atoms with Crippen molar-refractivity contribution in [1.82, 2.24) is 15.0 Å². The van der Waals surface area contributed by atoms with Crippen molar-refractivity contribution >= 4 is 22.7 Å². The summed E-state index contributed by atoms with van der Waals surface area (Å²) in [6.45, 7) is 3.02. The van der Waals surface area contributed by atoms with Crippen molar-refractivity contribution in [2.24, 2.45) is 0 Å². The molecule has 7 heteroatoms. The summed E-state index contributed by atoms with van der Waals surface area (Å²) in [5.41, 5.74) is 5.86. The fourth-order valence-corrected chi connectivity index (χ4v) is 1.68. The van der Waals surface area contributed by atoms with Gasteiger partial charge >= 0.3 is 0 Å². The molecule has 1 atom stereocenters. The Morgan fingerprint density at radius 1 is 1.32 bits per heavy atom. The van der Waals surface area contributed by atoms with Gasteiger partial charge in [0.1, 0.15) is 11.6 Å². The molecule has 0 aliphatic heterocycles. The summed E-state index contributed by atoms with van der Waals surface area (Å²) in [4.78, 5) is 12.5. The highest BCUT2D eigenvalue weighted by atomic mass is 16.3. The van der Waals surface area contributed by atoms with E-state index in [1.54, 1.807) is 13.1 Å². The van der Waals surface area contributed by atoms with Gasteiger partial charge in [-0.25, -0.2) is 9.97 Å². The van der Waals surface area contributed by atoms with Crippen LogP contribution in [0.5, 0.6) is 0 Å². The van der Waals surface area contributed by atoms with Crippen LogP contribution in [0.25, 0.3) is 11.0 Å². The number of aromatic nitrogens is 3. The van der Waals surface area contributed by atoms with Gasteiger partial charge in [0.25, 0.3) is 0 Å². The van der Waals surface area contributed by atoms with Crippen LogP contribution in [0.15, 0.2) is 12.3 Å². The van der Waals surface area contributed by atoms with Gasteiger partial charge < -0.3 is 21.3 Å². The van der Waals surface area contributed by atoms with Crippen molar-refractivity contribution in [3.05, 3.63) is 18.0 Å². The molecule has 0 aromatic carbocycles. The molecular weight excluding hydrogens is 246 g/mol. The Kier molecular flexibility index (Phi) is 3.25. The zero-order chi connectivity index (χ0) is 14.2. The topological polar surface area (TPSA) is 117 Å². The van der Waals surface area contributed by atoms with E-state index in [1.165, 1.54) is 20.0 Å². The van der Waals surface area contributed by atoms with Crippen molar-refractivity contribution in [2.45, 2.75) is 25.6 Å². The van der Waals surface area contributed by atoms with Crippen LogP contribution in [0.3, 0.4) is 0 Å². The Labute approximate surface area is 110 Å². The highest BCUT2D eigenvalue weighted by molar-refractivity contribution is 5.79. The van der Waals surface area contributed by atoms with E-state index in [0.29, 0.717) is 22.5 Å². The maximum atomic E-state index is 9.98. The van der Waals surface area contributed by atoms with E-state index in [4.69, 9.17) is 5.73 Å². The molecule has 2 heterocycles. The molecule has 2 aromatic heterocycles. The molecule has 19 heavy (non-hydrogen) atoms. The predicted octanol–water partition coefficient (Wildman–Crippen LogP) is 0.453. The number of aliphatic hydroxyl groups excluding tert-OH is 1. The lowest BCUT2D eigenvalue weighted by Gasteiger charge is -2.23. The first kappa shape index (κ1) is 13.4. The van der Waals surface area contributed by atoms with E-state index in [-0.39, 0.29) is 5.82 Å². The SMILES string of the molecule is CNc1nc2cnc(C(O)C(C)(C)O)cc2nc1N. The third-order valence-corrected chi connectivity index (χ3v) is 2.78. The predicted molar refractivity (Wildman–Crippen MR) is 72.5 cm³/mol. The Morgan fingerprint density at radius 3 is 2.58 bits per heavy atom. The molecule has 1 unspecified atom stereocenters. The Morgan fingerprint density at radius 2 is 2.00 bits per heavy atom. The Balaban J connectivity index is 2.52. The second kappa shape index (κ2) is 4.60. The minimum absolute atomic E-state index is 0.268. The van der Waals surface area contributed by atoms with Crippen LogP contribution in [0.2, 0.25) is 0 Å². The first-order chi connectivity index (χ1) is 8.82. The van der Waals surface area contributed by atoms with Crippen LogP contribution >= 0.6 is 0 Å². The van der Waals surface area contributed by atoms with Gasteiger partial charge in [0, 0.05) is 7.05 Å². The minimum Gasteiger partial charge on any atom is -0.387 e. The molecule has 0 fully saturated rings. The Bertz CT molecular complexity index is 609. The van der Waals surface area contributed by atoms with Crippen molar-refractivity contribution < 1.29 is 10.2 Å². The quantitative estimate of drug-likeness (QED) is 0.635. The van der Waals surface area contributed by atoms with Crippen LogP contribution < -0.4 is 11.1 Å². The van der Waals surface area contributed by atoms with Gasteiger partial charge in [-0.2, -0.15) is 0 Å². The summed E-state index contributed by atoms with van der Waals surface area (Å²) in [7, 11) is 1.70. The largest absolute Gasteiger partial charge is 0.387 e. The lowest BCUT2D eigenvalue weighted by atomic mass is 9.98. The third-order valence-electron chi connectivity index (χ3n) is 2.78. The fraction of sp³-hybridized carbons (Fsp3) is 0.417. The molecule has 0 bridgehead atoms. The molecule has 7 nitrogen and oxygen atoms in total. The number of nitrogen functional groups attached to an aromatic ring is 1. The van der Waals surface area contributed by atoms with Gasteiger partial charge in [0.05, 0.1) is 23.0 Å². The van der Waals surface area contributed by atoms with Crippen LogP contribution in [-0.2, 0) is 0 Å². The molecule has 0 amide bonds. The molecule has 2 aromatic rings. The number of nitrogens with two attached hydrogens (primary N) is 1. The minimum atomic E-state index is -1.29. The fourth-order valence-electron chi connectivity index (χ4n) is 1.68. The van der Waals surface area contributed by atoms with Crippen LogP contribution in [-0.4, -0.2) is 37.8 Å². The normalized spacial score (nSPS) is 13.5. The number of aliphatic hydroxyl groups is 2. The number of hydrogen-bond acceptors (Lipinski definition) is 7. The first-order valence-corrected chi connectivity index (χ1v) is 5.84. The van der Waals surface area contributed by atoms with E-state index >= 15 is 0 Å². The number of hydrogen-bond donors (Lipinski definition) is 4. The van der Waals surface area contributed by atoms with Crippen molar-refractivity contribution in [3.8, 4) is 0 Å². The van der Waals surface area contributed by atoms with Crippen LogP contribution in [0.1, 0.15) is 25.6 Å². The van der Waals surface area contributed by atoms with E-state index < -0.39 is 11.7 Å². The summed E-state index contributed by atoms with van der Waals surface area (Å²) in [6.07, 6.45) is 0.385. The van der Waals surface area contributed by atoms with Gasteiger partial charge in [-0.1, -0.05) is 0 Å². The van der Waals surface area contributed by atoms with Crippen LogP contribution in [0.4, 0.5) is 11.6 Å². The molecule has 0 saturated carbocycles. The van der Waals surface area contributed by atoms with E-state index in [0.717, 1.165) is 0 Å². The summed E-state index contributed by atoms with van der Waals surface area (Å²) in [5, 5.41) is 22.6. The number of nitrogens with one attached hydrogen (secondary N) is 1. The summed E-state index contributed by atoms with van der Waals surface area (Å²) in [5.74, 6) is 0.745. The number of fused-ring (bicyclic) bond motifs is 1. The highest BCUT2D eigenvalue weighted by Crippen LogP contribution is 2.26. The standard InChI is InChI=1S/C12H17N5O2/c1-12(2,19)9(18)7-4-6-8(5-15-7)17-11(14-3)10(13)16-6/h4-5,9,18-19H,1-3H3,(H2,13,16)(H,14,17). The number of anilines is 2. The zero-order valence-corrected chi connectivity index (χ0v) is 11.0. The molecule has 0 aliphatic rings. The maximum Gasteiger partial charge on any atom is 0.169 e. The van der Waals surface area contributed by atoms with Crippen molar-refractivity contribution in [3.63, 3.8) is 0 Å². The molecule has 0 aliphatic carbocycles. The maximum absolute atomic E-state index is 9.98. The monoisotopic (exact) mass is 263 g/mol. The van der Waals surface area contributed by atoms with Gasteiger partial charge in [0.2, 0.25) is 0 Å². The van der Waals surface area contributed by atoms with E-state index in [1.807, 2.05) is 0 Å². The second-order valence-electron chi connectivity index (χ2n) is 4.86. The molecule has 5 N–H and O–H groups in total. The number of nitrogens with zero attached hydrogens (tertiary/aromatic N) is 3. The molecule has 0 radical (unpaired) electrons. The lowest BCUT2D eigenvalue weighted by molar-refractivity contribution is -0.0516. The average Bonchev–Trinajstić information content (AvgIpc) is 2.35. The van der Waals surface area contributed by atoms with Gasteiger partial charge in [0.15, 0.2) is 11.6 Å². The summed E-state index contributed by atoms with van der Waals surface area (Å²) < 4.78 is 0. The zero-order valence-electron chi connectivity index (χ0n) is 11.0. The van der Waals surface area contributed by atoms with Crippen molar-refractivity contribution in [1.29, 1.82) is 0 Å². The molecule has 0 saturated heterocycles. The summed E-state index contributed by atoms with van der Waals surface area (Å²) >= 11 is 0. The Hall–Kier alpha value is -1.99. The van der Waals surface area contributed by atoms with E-state index in [2.05, 4.69) is 20.3 Å². The van der Waals surface area contributed by atoms with Crippen molar-refractivity contribution in [2.75, 3.05) is 18.1 Å². The average molecular weight is 263 g/mol. The second-order valence-corrected chi connectivity index (χ2v) is 4.86. The van der Waals surface area contributed by atoms with Gasteiger partial charge in [-0.05, 0) is 19.9 Å². The number of pyridine rings is 1. The van der Waals surface area contributed by atoms with E-state index in [9.17, 15) is 10.2 Å². The smallest absolute Gasteiger partial charge is 0.169 e. The van der Waals surface area contributed by atoms with Gasteiger partial charge in [-0.15, -0.1) is 0 Å². The molecule has 2 rings (SSSR count). The third kappa shape index (κ3) is 2.56. The first-order valence-electron chi connectivity index (χ1n) is 5.84. The number of rotatable bonds is 3. The van der Waals surface area contributed by atoms with Gasteiger partial charge in [-0.3, -0.25) is 4.98 Å². The highest BCUT2D eigenvalue weighted by Gasteiger charge is 2.27. The molecule has 0 spiro atoms.